The third kappa shape index (κ3) is 2.58. The molecule has 1 aromatic carbocycles. The van der Waals surface area contributed by atoms with Gasteiger partial charge in [0.15, 0.2) is 0 Å². The second-order valence-corrected chi connectivity index (χ2v) is 4.08. The van der Waals surface area contributed by atoms with Crippen molar-refractivity contribution in [1.82, 2.24) is 0 Å². The minimum atomic E-state index is -0.932. The molecule has 0 aliphatic heterocycles. The molecule has 1 rings (SSSR count). The second-order valence-electron chi connectivity index (χ2n) is 3.17. The fourth-order valence-electron chi connectivity index (χ4n) is 1.12. The van der Waals surface area contributed by atoms with Crippen LogP contribution in [0.25, 0.3) is 0 Å². The van der Waals surface area contributed by atoms with Crippen LogP contribution in [0.5, 0.6) is 0 Å². The van der Waals surface area contributed by atoms with Crippen molar-refractivity contribution in [3.63, 3.8) is 0 Å². The molecule has 0 saturated carbocycles. The maximum Gasteiger partial charge on any atom is 0.0977 e. The van der Waals surface area contributed by atoms with Crippen molar-refractivity contribution >= 4 is 15.9 Å². The molecule has 13 heavy (non-hydrogen) atoms. The molecule has 0 aliphatic carbocycles. The minimum absolute atomic E-state index is 0.323. The standard InChI is InChI=1S/C11H11BrO/c1-3-7-11(2,13)9-5-4-6-10(12)8-9/h1,4-6,8,13H,7H2,2H3/t11-/m0/s1. The Kier molecular flexibility index (Phi) is 3.13. The maximum atomic E-state index is 9.95. The quantitative estimate of drug-likeness (QED) is 0.786. The van der Waals surface area contributed by atoms with Crippen LogP contribution in [-0.2, 0) is 5.60 Å². The van der Waals surface area contributed by atoms with Gasteiger partial charge in [0.05, 0.1) is 5.60 Å². The molecule has 2 heteroatoms. The average Bonchev–Trinajstić information content (AvgIpc) is 2.04. The van der Waals surface area contributed by atoms with E-state index in [2.05, 4.69) is 21.9 Å². The summed E-state index contributed by atoms with van der Waals surface area (Å²) >= 11 is 3.34. The SMILES string of the molecule is C#CC[C@](C)(O)c1cccc(Br)c1. The van der Waals surface area contributed by atoms with Gasteiger partial charge in [0.25, 0.3) is 0 Å². The summed E-state index contributed by atoms with van der Waals surface area (Å²) in [6.07, 6.45) is 5.49. The first-order chi connectivity index (χ1) is 6.06. The van der Waals surface area contributed by atoms with E-state index in [0.717, 1.165) is 10.0 Å². The molecule has 0 heterocycles. The summed E-state index contributed by atoms with van der Waals surface area (Å²) in [7, 11) is 0. The van der Waals surface area contributed by atoms with Gasteiger partial charge >= 0.3 is 0 Å². The van der Waals surface area contributed by atoms with Crippen LogP contribution in [-0.4, -0.2) is 5.11 Å². The molecule has 1 aromatic rings. The lowest BCUT2D eigenvalue weighted by Gasteiger charge is -2.21. The van der Waals surface area contributed by atoms with Crippen LogP contribution in [0.1, 0.15) is 18.9 Å². The molecule has 0 aromatic heterocycles. The first-order valence-corrected chi connectivity index (χ1v) is 4.77. The van der Waals surface area contributed by atoms with E-state index in [1.807, 2.05) is 24.3 Å². The van der Waals surface area contributed by atoms with E-state index < -0.39 is 5.60 Å². The number of benzene rings is 1. The Morgan fingerprint density at radius 3 is 2.85 bits per heavy atom. The minimum Gasteiger partial charge on any atom is -0.384 e. The molecule has 0 unspecified atom stereocenters. The highest BCUT2D eigenvalue weighted by Crippen LogP contribution is 2.25. The third-order valence-electron chi connectivity index (χ3n) is 1.89. The van der Waals surface area contributed by atoms with E-state index in [1.54, 1.807) is 6.92 Å². The lowest BCUT2D eigenvalue weighted by Crippen LogP contribution is -2.19. The lowest BCUT2D eigenvalue weighted by molar-refractivity contribution is 0.0629. The Hall–Kier alpha value is -0.780. The van der Waals surface area contributed by atoms with E-state index in [1.165, 1.54) is 0 Å². The number of terminal acetylenes is 1. The second kappa shape index (κ2) is 3.95. The highest BCUT2D eigenvalue weighted by molar-refractivity contribution is 9.10. The highest BCUT2D eigenvalue weighted by atomic mass is 79.9. The van der Waals surface area contributed by atoms with Gasteiger partial charge in [-0.25, -0.2) is 0 Å². The molecule has 0 radical (unpaired) electrons. The normalized spacial score (nSPS) is 14.6. The van der Waals surface area contributed by atoms with Gasteiger partial charge in [0.2, 0.25) is 0 Å². The van der Waals surface area contributed by atoms with Crippen LogP contribution < -0.4 is 0 Å². The Balaban J connectivity index is 3.01. The molecule has 0 fully saturated rings. The fraction of sp³-hybridized carbons (Fsp3) is 0.273. The Morgan fingerprint density at radius 2 is 2.31 bits per heavy atom. The van der Waals surface area contributed by atoms with Gasteiger partial charge in [-0.15, -0.1) is 12.3 Å². The summed E-state index contributed by atoms with van der Waals surface area (Å²) in [5.41, 5.74) is -0.0988. The van der Waals surface area contributed by atoms with E-state index >= 15 is 0 Å². The van der Waals surface area contributed by atoms with Crippen molar-refractivity contribution < 1.29 is 5.11 Å². The van der Waals surface area contributed by atoms with Crippen molar-refractivity contribution in [1.29, 1.82) is 0 Å². The predicted molar refractivity (Wildman–Crippen MR) is 57.2 cm³/mol. The van der Waals surface area contributed by atoms with Gasteiger partial charge in [0.1, 0.15) is 0 Å². The Morgan fingerprint density at radius 1 is 1.62 bits per heavy atom. The highest BCUT2D eigenvalue weighted by Gasteiger charge is 2.21. The molecule has 68 valence electrons. The third-order valence-corrected chi connectivity index (χ3v) is 2.39. The number of hydrogen-bond donors (Lipinski definition) is 1. The Labute approximate surface area is 86.9 Å². The monoisotopic (exact) mass is 238 g/mol. The zero-order chi connectivity index (χ0) is 9.90. The molecule has 1 nitrogen and oxygen atoms in total. The molecule has 1 atom stereocenters. The van der Waals surface area contributed by atoms with Gasteiger partial charge < -0.3 is 5.11 Å². The van der Waals surface area contributed by atoms with Crippen LogP contribution in [0, 0.1) is 12.3 Å². The van der Waals surface area contributed by atoms with Crippen LogP contribution in [0.15, 0.2) is 28.7 Å². The van der Waals surface area contributed by atoms with Gasteiger partial charge in [-0.3, -0.25) is 0 Å². The van der Waals surface area contributed by atoms with Crippen LogP contribution in [0.4, 0.5) is 0 Å². The number of rotatable bonds is 2. The van der Waals surface area contributed by atoms with Crippen molar-refractivity contribution in [2.24, 2.45) is 0 Å². The molecular weight excluding hydrogens is 228 g/mol. The summed E-state index contributed by atoms with van der Waals surface area (Å²) in [6, 6.07) is 7.53. The summed E-state index contributed by atoms with van der Waals surface area (Å²) < 4.78 is 0.947. The zero-order valence-electron chi connectivity index (χ0n) is 7.42. The smallest absolute Gasteiger partial charge is 0.0977 e. The van der Waals surface area contributed by atoms with E-state index in [-0.39, 0.29) is 0 Å². The van der Waals surface area contributed by atoms with E-state index in [4.69, 9.17) is 6.42 Å². The number of aliphatic hydroxyl groups is 1. The maximum absolute atomic E-state index is 9.95. The van der Waals surface area contributed by atoms with Crippen molar-refractivity contribution in [2.45, 2.75) is 18.9 Å². The van der Waals surface area contributed by atoms with Gasteiger partial charge in [-0.2, -0.15) is 0 Å². The summed E-state index contributed by atoms with van der Waals surface area (Å²) in [5, 5.41) is 9.95. The molecular formula is C11H11BrO. The molecule has 0 spiro atoms. The van der Waals surface area contributed by atoms with Gasteiger partial charge in [-0.1, -0.05) is 28.1 Å². The first kappa shape index (κ1) is 10.3. The molecule has 0 bridgehead atoms. The van der Waals surface area contributed by atoms with Crippen molar-refractivity contribution in [2.75, 3.05) is 0 Å². The topological polar surface area (TPSA) is 20.2 Å². The first-order valence-electron chi connectivity index (χ1n) is 3.98. The Bertz CT molecular complexity index is 336. The number of hydrogen-bond acceptors (Lipinski definition) is 1. The van der Waals surface area contributed by atoms with Crippen molar-refractivity contribution in [3.8, 4) is 12.3 Å². The average molecular weight is 239 g/mol. The van der Waals surface area contributed by atoms with E-state index in [9.17, 15) is 5.11 Å². The molecule has 0 saturated heterocycles. The fourth-order valence-corrected chi connectivity index (χ4v) is 1.52. The van der Waals surface area contributed by atoms with Crippen LogP contribution in [0.3, 0.4) is 0 Å². The molecule has 1 N–H and O–H groups in total. The summed E-state index contributed by atoms with van der Waals surface area (Å²) in [6.45, 7) is 1.72. The molecule has 0 aliphatic rings. The van der Waals surface area contributed by atoms with E-state index in [0.29, 0.717) is 6.42 Å². The largest absolute Gasteiger partial charge is 0.384 e. The summed E-state index contributed by atoms with van der Waals surface area (Å²) in [5.74, 6) is 2.46. The lowest BCUT2D eigenvalue weighted by atomic mass is 9.93. The molecule has 0 amide bonds. The summed E-state index contributed by atoms with van der Waals surface area (Å²) in [4.78, 5) is 0. The zero-order valence-corrected chi connectivity index (χ0v) is 9.01. The van der Waals surface area contributed by atoms with Crippen molar-refractivity contribution in [3.05, 3.63) is 34.3 Å². The number of halogens is 1. The predicted octanol–water partition coefficient (Wildman–Crippen LogP) is 2.68. The van der Waals surface area contributed by atoms with Crippen LogP contribution in [0.2, 0.25) is 0 Å². The van der Waals surface area contributed by atoms with Gasteiger partial charge in [-0.05, 0) is 24.6 Å². The van der Waals surface area contributed by atoms with Gasteiger partial charge in [0, 0.05) is 10.9 Å². The van der Waals surface area contributed by atoms with Crippen LogP contribution >= 0.6 is 15.9 Å².